The zero-order valence-electron chi connectivity index (χ0n) is 10.5. The molecule has 2 heteroatoms. The van der Waals surface area contributed by atoms with Gasteiger partial charge in [0.15, 0.2) is 0 Å². The summed E-state index contributed by atoms with van der Waals surface area (Å²) in [5.41, 5.74) is 6.49. The van der Waals surface area contributed by atoms with Gasteiger partial charge in [0.05, 0.1) is 0 Å². The molecule has 0 radical (unpaired) electrons. The van der Waals surface area contributed by atoms with Gasteiger partial charge in [-0.2, -0.15) is 0 Å². The van der Waals surface area contributed by atoms with E-state index < -0.39 is 0 Å². The van der Waals surface area contributed by atoms with Crippen molar-refractivity contribution in [3.05, 3.63) is 0 Å². The highest BCUT2D eigenvalue weighted by molar-refractivity contribution is 4.99. The van der Waals surface area contributed by atoms with Crippen LogP contribution in [-0.4, -0.2) is 29.1 Å². The van der Waals surface area contributed by atoms with E-state index in [0.717, 1.165) is 24.5 Å². The van der Waals surface area contributed by atoms with Crippen LogP contribution in [0.3, 0.4) is 0 Å². The third-order valence-corrected chi connectivity index (χ3v) is 4.41. The first-order valence-corrected chi connectivity index (χ1v) is 6.55. The van der Waals surface area contributed by atoms with E-state index in [-0.39, 0.29) is 5.54 Å². The van der Waals surface area contributed by atoms with E-state index >= 15 is 0 Å². The van der Waals surface area contributed by atoms with Crippen LogP contribution < -0.4 is 5.73 Å². The van der Waals surface area contributed by atoms with E-state index in [2.05, 4.69) is 25.7 Å². The Labute approximate surface area is 94.2 Å². The van der Waals surface area contributed by atoms with Crippen molar-refractivity contribution < 1.29 is 0 Å². The van der Waals surface area contributed by atoms with Crippen LogP contribution in [0.1, 0.15) is 52.9 Å². The molecule has 1 saturated heterocycles. The summed E-state index contributed by atoms with van der Waals surface area (Å²) in [6, 6.07) is 1.46. The third-order valence-electron chi connectivity index (χ3n) is 4.41. The van der Waals surface area contributed by atoms with Crippen molar-refractivity contribution in [1.82, 2.24) is 4.90 Å². The lowest BCUT2D eigenvalue weighted by Crippen LogP contribution is -2.55. The summed E-state index contributed by atoms with van der Waals surface area (Å²) in [5.74, 6) is 0.791. The highest BCUT2D eigenvalue weighted by Gasteiger charge is 2.41. The molecule has 1 heterocycles. The van der Waals surface area contributed by atoms with Crippen molar-refractivity contribution in [1.29, 1.82) is 0 Å². The molecule has 0 aromatic heterocycles. The zero-order valence-corrected chi connectivity index (χ0v) is 10.5. The van der Waals surface area contributed by atoms with Gasteiger partial charge in [-0.05, 0) is 52.4 Å². The van der Waals surface area contributed by atoms with Gasteiger partial charge in [0.1, 0.15) is 0 Å². The molecule has 3 atom stereocenters. The summed E-state index contributed by atoms with van der Waals surface area (Å²) >= 11 is 0. The molecule has 1 aliphatic carbocycles. The Morgan fingerprint density at radius 1 is 1.13 bits per heavy atom. The van der Waals surface area contributed by atoms with Gasteiger partial charge >= 0.3 is 0 Å². The fourth-order valence-electron chi connectivity index (χ4n) is 3.05. The lowest BCUT2D eigenvalue weighted by Gasteiger charge is -2.43. The van der Waals surface area contributed by atoms with Crippen molar-refractivity contribution in [3.8, 4) is 0 Å². The number of piperidine rings is 1. The van der Waals surface area contributed by atoms with Gasteiger partial charge in [-0.15, -0.1) is 0 Å². The lowest BCUT2D eigenvalue weighted by atomic mass is 9.91. The molecule has 1 aliphatic heterocycles. The Hall–Kier alpha value is -0.0800. The summed E-state index contributed by atoms with van der Waals surface area (Å²) in [7, 11) is 0. The Morgan fingerprint density at radius 2 is 1.67 bits per heavy atom. The quantitative estimate of drug-likeness (QED) is 0.775. The molecule has 15 heavy (non-hydrogen) atoms. The van der Waals surface area contributed by atoms with Crippen LogP contribution in [0.5, 0.6) is 0 Å². The molecule has 0 amide bonds. The largest absolute Gasteiger partial charge is 0.324 e. The topological polar surface area (TPSA) is 29.3 Å². The number of hydrogen-bond donors (Lipinski definition) is 1. The van der Waals surface area contributed by atoms with Gasteiger partial charge in [-0.3, -0.25) is 4.90 Å². The van der Waals surface area contributed by atoms with Crippen LogP contribution in [0.4, 0.5) is 0 Å². The number of hydrogen-bond acceptors (Lipinski definition) is 2. The highest BCUT2D eigenvalue weighted by atomic mass is 15.2. The van der Waals surface area contributed by atoms with Crippen molar-refractivity contribution in [2.45, 2.75) is 70.5 Å². The summed E-state index contributed by atoms with van der Waals surface area (Å²) < 4.78 is 0. The van der Waals surface area contributed by atoms with E-state index in [1.165, 1.54) is 32.1 Å². The zero-order chi connectivity index (χ0) is 11.1. The van der Waals surface area contributed by atoms with Crippen molar-refractivity contribution >= 4 is 0 Å². The highest BCUT2D eigenvalue weighted by Crippen LogP contribution is 2.39. The fraction of sp³-hybridized carbons (Fsp3) is 1.00. The van der Waals surface area contributed by atoms with E-state index in [9.17, 15) is 0 Å². The molecule has 2 fully saturated rings. The molecule has 0 spiro atoms. The van der Waals surface area contributed by atoms with Crippen molar-refractivity contribution in [2.75, 3.05) is 6.54 Å². The van der Waals surface area contributed by atoms with Crippen LogP contribution >= 0.6 is 0 Å². The summed E-state index contributed by atoms with van der Waals surface area (Å²) in [4.78, 5) is 2.64. The van der Waals surface area contributed by atoms with Gasteiger partial charge in [0, 0.05) is 24.2 Å². The maximum Gasteiger partial charge on any atom is 0.0283 e. The molecule has 88 valence electrons. The number of rotatable bonds is 3. The van der Waals surface area contributed by atoms with Gasteiger partial charge < -0.3 is 5.73 Å². The van der Waals surface area contributed by atoms with Gasteiger partial charge in [-0.25, -0.2) is 0 Å². The van der Waals surface area contributed by atoms with E-state index in [1.54, 1.807) is 0 Å². The summed E-state index contributed by atoms with van der Waals surface area (Å²) in [6.45, 7) is 8.07. The Bertz CT molecular complexity index is 211. The maximum absolute atomic E-state index is 6.44. The Balaban J connectivity index is 1.96. The second-order valence-corrected chi connectivity index (χ2v) is 6.08. The van der Waals surface area contributed by atoms with E-state index in [4.69, 9.17) is 5.73 Å². The van der Waals surface area contributed by atoms with Gasteiger partial charge in [0.2, 0.25) is 0 Å². The predicted octanol–water partition coefficient (Wildman–Crippen LogP) is 2.38. The minimum atomic E-state index is 0.0554. The van der Waals surface area contributed by atoms with Crippen molar-refractivity contribution in [2.24, 2.45) is 11.7 Å². The summed E-state index contributed by atoms with van der Waals surface area (Å²) in [5, 5.41) is 0. The average molecular weight is 210 g/mol. The SMILES string of the molecule is C[C@@H]1CCC[C@H](C)N1CC(C)(N)C1CC1. The average Bonchev–Trinajstić information content (AvgIpc) is 2.94. The second-order valence-electron chi connectivity index (χ2n) is 6.08. The smallest absolute Gasteiger partial charge is 0.0283 e. The molecule has 2 rings (SSSR count). The van der Waals surface area contributed by atoms with Gasteiger partial charge in [0.25, 0.3) is 0 Å². The van der Waals surface area contributed by atoms with Gasteiger partial charge in [-0.1, -0.05) is 6.42 Å². The van der Waals surface area contributed by atoms with Crippen LogP contribution in [-0.2, 0) is 0 Å². The minimum Gasteiger partial charge on any atom is -0.324 e. The lowest BCUT2D eigenvalue weighted by molar-refractivity contribution is 0.0737. The Morgan fingerprint density at radius 3 is 2.13 bits per heavy atom. The van der Waals surface area contributed by atoms with Crippen LogP contribution in [0, 0.1) is 5.92 Å². The first kappa shape index (κ1) is 11.4. The standard InChI is InChI=1S/C13H26N2/c1-10-5-4-6-11(2)15(10)9-13(3,14)12-7-8-12/h10-12H,4-9,14H2,1-3H3/t10-,11+,13?. The number of nitrogens with two attached hydrogens (primary N) is 1. The second kappa shape index (κ2) is 4.06. The third kappa shape index (κ3) is 2.54. The maximum atomic E-state index is 6.44. The van der Waals surface area contributed by atoms with E-state index in [1.807, 2.05) is 0 Å². The van der Waals surface area contributed by atoms with E-state index in [0.29, 0.717) is 0 Å². The first-order valence-electron chi connectivity index (χ1n) is 6.55. The monoisotopic (exact) mass is 210 g/mol. The number of likely N-dealkylation sites (tertiary alicyclic amines) is 1. The predicted molar refractivity (Wildman–Crippen MR) is 64.8 cm³/mol. The molecule has 2 aliphatic rings. The summed E-state index contributed by atoms with van der Waals surface area (Å²) in [6.07, 6.45) is 6.80. The molecular weight excluding hydrogens is 184 g/mol. The molecule has 0 aromatic rings. The molecule has 0 bridgehead atoms. The molecule has 1 unspecified atom stereocenters. The number of nitrogens with zero attached hydrogens (tertiary/aromatic N) is 1. The molecule has 0 aromatic carbocycles. The van der Waals surface area contributed by atoms with Crippen molar-refractivity contribution in [3.63, 3.8) is 0 Å². The fourth-order valence-corrected chi connectivity index (χ4v) is 3.05. The molecule has 1 saturated carbocycles. The van der Waals surface area contributed by atoms with Crippen LogP contribution in [0.15, 0.2) is 0 Å². The molecule has 2 N–H and O–H groups in total. The first-order chi connectivity index (χ1) is 7.00. The van der Waals surface area contributed by atoms with Crippen LogP contribution in [0.25, 0.3) is 0 Å². The van der Waals surface area contributed by atoms with Crippen LogP contribution in [0.2, 0.25) is 0 Å². The normalized spacial score (nSPS) is 37.6. The minimum absolute atomic E-state index is 0.0554. The molecule has 2 nitrogen and oxygen atoms in total. The molecular formula is C13H26N2. The Kier molecular flexibility index (Phi) is 3.09.